The molecule has 1 aromatic rings. The highest BCUT2D eigenvalue weighted by atomic mass is 32.1. The Kier molecular flexibility index (Phi) is 2.93. The maximum atomic E-state index is 5.67. The van der Waals surface area contributed by atoms with Crippen molar-refractivity contribution in [3.63, 3.8) is 0 Å². The van der Waals surface area contributed by atoms with E-state index in [1.165, 1.54) is 4.88 Å². The van der Waals surface area contributed by atoms with Crippen LogP contribution in [0.2, 0.25) is 0 Å². The Bertz CT molecular complexity index is 250. The van der Waals surface area contributed by atoms with Gasteiger partial charge in [0.05, 0.1) is 23.1 Å². The monoisotopic (exact) mass is 198 g/mol. The maximum Gasteiger partial charge on any atom is 0.0949 e. The van der Waals surface area contributed by atoms with E-state index in [-0.39, 0.29) is 6.10 Å². The van der Waals surface area contributed by atoms with Crippen molar-refractivity contribution in [2.75, 3.05) is 13.2 Å². The molecule has 2 atom stereocenters. The van der Waals surface area contributed by atoms with E-state index in [1.807, 2.05) is 11.7 Å². The van der Waals surface area contributed by atoms with E-state index in [2.05, 4.69) is 17.2 Å². The van der Waals surface area contributed by atoms with Crippen LogP contribution in [0.4, 0.5) is 0 Å². The fourth-order valence-electron chi connectivity index (χ4n) is 1.64. The summed E-state index contributed by atoms with van der Waals surface area (Å²) >= 11 is 1.68. The van der Waals surface area contributed by atoms with E-state index >= 15 is 0 Å². The van der Waals surface area contributed by atoms with E-state index in [0.717, 1.165) is 19.6 Å². The van der Waals surface area contributed by atoms with Crippen molar-refractivity contribution in [1.82, 2.24) is 10.3 Å². The number of hydrogen-bond acceptors (Lipinski definition) is 4. The van der Waals surface area contributed by atoms with Crippen LogP contribution in [-0.4, -0.2) is 24.2 Å². The van der Waals surface area contributed by atoms with Crippen LogP contribution < -0.4 is 5.32 Å². The summed E-state index contributed by atoms with van der Waals surface area (Å²) in [5.41, 5.74) is 1.86. The summed E-state index contributed by atoms with van der Waals surface area (Å²) in [5.74, 6) is 0. The molecule has 1 N–H and O–H groups in total. The highest BCUT2D eigenvalue weighted by molar-refractivity contribution is 7.09. The lowest BCUT2D eigenvalue weighted by molar-refractivity contribution is 0.111. The first-order valence-electron chi connectivity index (χ1n) is 4.63. The molecule has 0 radical (unpaired) electrons. The third-order valence-corrected chi connectivity index (χ3v) is 3.13. The zero-order valence-electron chi connectivity index (χ0n) is 7.69. The van der Waals surface area contributed by atoms with Gasteiger partial charge >= 0.3 is 0 Å². The molecule has 1 aliphatic heterocycles. The van der Waals surface area contributed by atoms with Crippen LogP contribution in [0.1, 0.15) is 24.3 Å². The minimum atomic E-state index is 0.275. The number of rotatable bonds is 3. The fourth-order valence-corrected chi connectivity index (χ4v) is 2.32. The summed E-state index contributed by atoms with van der Waals surface area (Å²) in [6.45, 7) is 3.97. The van der Waals surface area contributed by atoms with Gasteiger partial charge in [-0.05, 0) is 13.0 Å². The minimum Gasteiger partial charge on any atom is -0.371 e. The van der Waals surface area contributed by atoms with Crippen molar-refractivity contribution in [2.24, 2.45) is 0 Å². The first kappa shape index (κ1) is 9.12. The Labute approximate surface area is 82.1 Å². The van der Waals surface area contributed by atoms with E-state index in [0.29, 0.717) is 6.04 Å². The predicted octanol–water partition coefficient (Wildman–Crippen LogP) is 1.58. The Hall–Kier alpha value is -0.450. The molecule has 2 unspecified atom stereocenters. The Balaban J connectivity index is 1.91. The van der Waals surface area contributed by atoms with Crippen molar-refractivity contribution >= 4 is 11.3 Å². The number of likely N-dealkylation sites (N-methyl/N-ethyl adjacent to an activating group) is 1. The Morgan fingerprint density at radius 1 is 1.77 bits per heavy atom. The molecule has 0 amide bonds. The number of nitrogens with zero attached hydrogens (tertiary/aromatic N) is 1. The number of ether oxygens (including phenoxy) is 1. The molecular weight excluding hydrogens is 184 g/mol. The summed E-state index contributed by atoms with van der Waals surface area (Å²) in [7, 11) is 0. The Morgan fingerprint density at radius 3 is 3.38 bits per heavy atom. The molecular formula is C9H14N2OS. The molecule has 1 saturated heterocycles. The first-order valence-corrected chi connectivity index (χ1v) is 5.51. The first-order chi connectivity index (χ1) is 6.40. The Morgan fingerprint density at radius 2 is 2.69 bits per heavy atom. The number of nitrogens with one attached hydrogen (secondary N) is 1. The summed E-state index contributed by atoms with van der Waals surface area (Å²) in [6, 6.07) is 0.525. The van der Waals surface area contributed by atoms with E-state index in [4.69, 9.17) is 4.74 Å². The molecule has 13 heavy (non-hydrogen) atoms. The second-order valence-electron chi connectivity index (χ2n) is 3.22. The summed E-state index contributed by atoms with van der Waals surface area (Å²) < 4.78 is 5.67. The summed E-state index contributed by atoms with van der Waals surface area (Å²) in [4.78, 5) is 5.31. The van der Waals surface area contributed by atoms with Gasteiger partial charge in [0.2, 0.25) is 0 Å². The molecule has 1 aromatic heterocycles. The van der Waals surface area contributed by atoms with Crippen molar-refractivity contribution in [1.29, 1.82) is 0 Å². The number of aromatic nitrogens is 1. The van der Waals surface area contributed by atoms with Crippen molar-refractivity contribution in [3.8, 4) is 0 Å². The smallest absolute Gasteiger partial charge is 0.0949 e. The van der Waals surface area contributed by atoms with Gasteiger partial charge in [0, 0.05) is 12.2 Å². The van der Waals surface area contributed by atoms with Crippen LogP contribution in [0.15, 0.2) is 11.7 Å². The standard InChI is InChI=1S/C9H14N2OS/c1-2-11-7-3-8(12-5-7)9-4-10-6-13-9/h4,6-8,11H,2-3,5H2,1H3. The molecule has 0 saturated carbocycles. The van der Waals surface area contributed by atoms with Gasteiger partial charge in [-0.3, -0.25) is 4.98 Å². The molecule has 2 heterocycles. The topological polar surface area (TPSA) is 34.1 Å². The largest absolute Gasteiger partial charge is 0.371 e. The molecule has 3 nitrogen and oxygen atoms in total. The highest BCUT2D eigenvalue weighted by Crippen LogP contribution is 2.30. The lowest BCUT2D eigenvalue weighted by Gasteiger charge is -2.07. The van der Waals surface area contributed by atoms with Crippen LogP contribution in [0.25, 0.3) is 0 Å². The molecule has 4 heteroatoms. The summed E-state index contributed by atoms with van der Waals surface area (Å²) in [6.07, 6.45) is 3.26. The van der Waals surface area contributed by atoms with Crippen LogP contribution in [0, 0.1) is 0 Å². The third kappa shape index (κ3) is 2.07. The molecule has 0 aromatic carbocycles. The molecule has 1 fully saturated rings. The normalized spacial score (nSPS) is 28.1. The van der Waals surface area contributed by atoms with Gasteiger partial charge in [-0.25, -0.2) is 0 Å². The van der Waals surface area contributed by atoms with E-state index in [9.17, 15) is 0 Å². The summed E-state index contributed by atoms with van der Waals surface area (Å²) in [5, 5.41) is 3.40. The second-order valence-corrected chi connectivity index (χ2v) is 4.13. The average molecular weight is 198 g/mol. The number of hydrogen-bond donors (Lipinski definition) is 1. The molecule has 0 aliphatic carbocycles. The van der Waals surface area contributed by atoms with E-state index in [1.54, 1.807) is 11.3 Å². The van der Waals surface area contributed by atoms with Crippen LogP contribution in [-0.2, 0) is 4.74 Å². The van der Waals surface area contributed by atoms with Gasteiger partial charge in [0.15, 0.2) is 0 Å². The predicted molar refractivity (Wildman–Crippen MR) is 52.9 cm³/mol. The average Bonchev–Trinajstić information content (AvgIpc) is 2.70. The maximum absolute atomic E-state index is 5.67. The highest BCUT2D eigenvalue weighted by Gasteiger charge is 2.26. The second kappa shape index (κ2) is 4.17. The van der Waals surface area contributed by atoms with Crippen molar-refractivity contribution < 1.29 is 4.74 Å². The van der Waals surface area contributed by atoms with Gasteiger partial charge in [-0.1, -0.05) is 6.92 Å². The van der Waals surface area contributed by atoms with Crippen LogP contribution >= 0.6 is 11.3 Å². The molecule has 0 bridgehead atoms. The van der Waals surface area contributed by atoms with Crippen molar-refractivity contribution in [2.45, 2.75) is 25.5 Å². The van der Waals surface area contributed by atoms with Gasteiger partial charge in [-0.15, -0.1) is 11.3 Å². The van der Waals surface area contributed by atoms with Gasteiger partial charge < -0.3 is 10.1 Å². The third-order valence-electron chi connectivity index (χ3n) is 2.26. The molecule has 0 spiro atoms. The quantitative estimate of drug-likeness (QED) is 0.800. The molecule has 1 aliphatic rings. The van der Waals surface area contributed by atoms with Crippen molar-refractivity contribution in [3.05, 3.63) is 16.6 Å². The van der Waals surface area contributed by atoms with Crippen LogP contribution in [0.5, 0.6) is 0 Å². The van der Waals surface area contributed by atoms with Gasteiger partial charge in [0.1, 0.15) is 0 Å². The minimum absolute atomic E-state index is 0.275. The fraction of sp³-hybridized carbons (Fsp3) is 0.667. The lowest BCUT2D eigenvalue weighted by Crippen LogP contribution is -2.28. The molecule has 2 rings (SSSR count). The molecule has 72 valence electrons. The SMILES string of the molecule is CCNC1COC(c2cncs2)C1. The van der Waals surface area contributed by atoms with Crippen LogP contribution in [0.3, 0.4) is 0 Å². The van der Waals surface area contributed by atoms with Gasteiger partial charge in [-0.2, -0.15) is 0 Å². The van der Waals surface area contributed by atoms with Gasteiger partial charge in [0.25, 0.3) is 0 Å². The van der Waals surface area contributed by atoms with E-state index < -0.39 is 0 Å². The zero-order chi connectivity index (χ0) is 9.10. The lowest BCUT2D eigenvalue weighted by atomic mass is 10.1. The zero-order valence-corrected chi connectivity index (χ0v) is 8.51. The number of thiazole rings is 1.